The maximum absolute atomic E-state index is 6.49. The van der Waals surface area contributed by atoms with E-state index in [1.807, 2.05) is 62.4 Å². The maximum Gasteiger partial charge on any atom is 0.257 e. The van der Waals surface area contributed by atoms with E-state index in [-0.39, 0.29) is 18.4 Å². The first-order valence-corrected chi connectivity index (χ1v) is 11.7. The topological polar surface area (TPSA) is 113 Å². The molecule has 2 aromatic heterocycles. The third kappa shape index (κ3) is 5.19. The quantitative estimate of drug-likeness (QED) is 0.202. The van der Waals surface area contributed by atoms with Gasteiger partial charge in [0.2, 0.25) is 5.82 Å². The van der Waals surface area contributed by atoms with Crippen molar-refractivity contribution in [1.29, 1.82) is 0 Å². The molecule has 5 rings (SSSR count). The summed E-state index contributed by atoms with van der Waals surface area (Å²) in [7, 11) is 1.72. The fourth-order valence-corrected chi connectivity index (χ4v) is 3.76. The van der Waals surface area contributed by atoms with Gasteiger partial charge in [0.1, 0.15) is 5.75 Å². The van der Waals surface area contributed by atoms with E-state index in [1.54, 1.807) is 25.2 Å². The van der Waals surface area contributed by atoms with Crippen LogP contribution in [0.2, 0.25) is 5.02 Å². The van der Waals surface area contributed by atoms with Gasteiger partial charge in [-0.15, -0.1) is 15.3 Å². The summed E-state index contributed by atoms with van der Waals surface area (Å²) in [4.78, 5) is 5.57. The zero-order chi connectivity index (χ0) is 25.8. The maximum atomic E-state index is 6.49. The molecule has 0 atom stereocenters. The summed E-state index contributed by atoms with van der Waals surface area (Å²) in [5, 5.41) is 24.6. The smallest absolute Gasteiger partial charge is 0.257 e. The van der Waals surface area contributed by atoms with Gasteiger partial charge in [0.15, 0.2) is 18.1 Å². The standard InChI is InChI=1S/C26H22ClN7O3/c1-16-9-7-14-21(17(16)2)36-24-19(12-8-13-20(24)27)26-30-28-22(37-26)15-35-31-23(18-10-5-4-6-11-18)25-29-32-33-34(25)3/h4-14H,15H2,1-3H3/b31-23-. The van der Waals surface area contributed by atoms with E-state index in [2.05, 4.69) is 30.9 Å². The molecule has 2 heterocycles. The Balaban J connectivity index is 1.38. The van der Waals surface area contributed by atoms with E-state index in [4.69, 9.17) is 25.6 Å². The number of oxime groups is 1. The van der Waals surface area contributed by atoms with E-state index in [1.165, 1.54) is 4.68 Å². The molecule has 0 aliphatic rings. The molecule has 0 amide bonds. The molecule has 0 unspecified atom stereocenters. The second-order valence-electron chi connectivity index (χ2n) is 8.12. The highest BCUT2D eigenvalue weighted by atomic mass is 35.5. The van der Waals surface area contributed by atoms with Crippen molar-refractivity contribution in [3.8, 4) is 23.0 Å². The molecule has 5 aromatic rings. The molecule has 10 nitrogen and oxygen atoms in total. The predicted octanol–water partition coefficient (Wildman–Crippen LogP) is 5.29. The van der Waals surface area contributed by atoms with Crippen LogP contribution < -0.4 is 4.74 Å². The molecular weight excluding hydrogens is 494 g/mol. The summed E-state index contributed by atoms with van der Waals surface area (Å²) in [6.45, 7) is 3.94. The zero-order valence-electron chi connectivity index (χ0n) is 20.3. The number of hydrogen-bond donors (Lipinski definition) is 0. The van der Waals surface area contributed by atoms with Crippen molar-refractivity contribution in [2.24, 2.45) is 12.2 Å². The molecule has 0 saturated carbocycles. The van der Waals surface area contributed by atoms with Crippen LogP contribution in [0, 0.1) is 13.8 Å². The summed E-state index contributed by atoms with van der Waals surface area (Å²) >= 11 is 6.49. The Morgan fingerprint density at radius 1 is 0.973 bits per heavy atom. The van der Waals surface area contributed by atoms with Gasteiger partial charge in [-0.1, -0.05) is 65.3 Å². The van der Waals surface area contributed by atoms with Crippen LogP contribution in [0.3, 0.4) is 0 Å². The second kappa shape index (κ2) is 10.6. The van der Waals surface area contributed by atoms with Crippen molar-refractivity contribution < 1.29 is 14.0 Å². The molecule has 0 spiro atoms. The first-order chi connectivity index (χ1) is 18.0. The zero-order valence-corrected chi connectivity index (χ0v) is 21.0. The van der Waals surface area contributed by atoms with E-state index < -0.39 is 0 Å². The van der Waals surface area contributed by atoms with Crippen LogP contribution in [-0.2, 0) is 18.5 Å². The van der Waals surface area contributed by atoms with Crippen molar-refractivity contribution >= 4 is 17.3 Å². The number of para-hydroxylation sites is 1. The minimum Gasteiger partial charge on any atom is -0.455 e. The summed E-state index contributed by atoms with van der Waals surface area (Å²) in [5.41, 5.74) is 3.94. The van der Waals surface area contributed by atoms with Crippen LogP contribution in [-0.4, -0.2) is 36.1 Å². The third-order valence-corrected chi connectivity index (χ3v) is 5.95. The van der Waals surface area contributed by atoms with Gasteiger partial charge in [-0.25, -0.2) is 4.68 Å². The van der Waals surface area contributed by atoms with Crippen LogP contribution >= 0.6 is 11.6 Å². The highest BCUT2D eigenvalue weighted by Gasteiger charge is 2.19. The number of rotatable bonds is 8. The van der Waals surface area contributed by atoms with Crippen LogP contribution in [0.4, 0.5) is 0 Å². The van der Waals surface area contributed by atoms with Crippen LogP contribution in [0.15, 0.2) is 76.3 Å². The molecule has 0 aliphatic heterocycles. The largest absolute Gasteiger partial charge is 0.455 e. The highest BCUT2D eigenvalue weighted by Crippen LogP contribution is 2.39. The molecule has 0 radical (unpaired) electrons. The fraction of sp³-hybridized carbons (Fsp3) is 0.154. The Labute approximate surface area is 217 Å². The lowest BCUT2D eigenvalue weighted by molar-refractivity contribution is 0.111. The molecule has 0 N–H and O–H groups in total. The first-order valence-electron chi connectivity index (χ1n) is 11.3. The second-order valence-corrected chi connectivity index (χ2v) is 8.53. The molecule has 0 fully saturated rings. The van der Waals surface area contributed by atoms with Crippen molar-refractivity contribution in [1.82, 2.24) is 30.4 Å². The van der Waals surface area contributed by atoms with Gasteiger partial charge in [0, 0.05) is 12.6 Å². The highest BCUT2D eigenvalue weighted by molar-refractivity contribution is 6.32. The van der Waals surface area contributed by atoms with Crippen LogP contribution in [0.5, 0.6) is 11.5 Å². The molecular formula is C26H22ClN7O3. The number of benzene rings is 3. The molecule has 186 valence electrons. The summed E-state index contributed by atoms with van der Waals surface area (Å²) in [5.74, 6) is 2.03. The lowest BCUT2D eigenvalue weighted by Crippen LogP contribution is -2.12. The number of nitrogens with zero attached hydrogens (tertiary/aromatic N) is 7. The number of tetrazole rings is 1. The predicted molar refractivity (Wildman–Crippen MR) is 136 cm³/mol. The van der Waals surface area contributed by atoms with Crippen LogP contribution in [0.25, 0.3) is 11.5 Å². The summed E-state index contributed by atoms with van der Waals surface area (Å²) in [6.07, 6.45) is 0. The number of ether oxygens (including phenoxy) is 1. The van der Waals surface area contributed by atoms with E-state index in [0.29, 0.717) is 33.6 Å². The monoisotopic (exact) mass is 515 g/mol. The summed E-state index contributed by atoms with van der Waals surface area (Å²) < 4.78 is 13.6. The normalized spacial score (nSPS) is 11.5. The van der Waals surface area contributed by atoms with Gasteiger partial charge in [-0.2, -0.15) is 0 Å². The van der Waals surface area contributed by atoms with Crippen molar-refractivity contribution in [3.63, 3.8) is 0 Å². The minimum absolute atomic E-state index is 0.0671. The van der Waals surface area contributed by atoms with Crippen molar-refractivity contribution in [3.05, 3.63) is 100 Å². The van der Waals surface area contributed by atoms with E-state index in [9.17, 15) is 0 Å². The lowest BCUT2D eigenvalue weighted by atomic mass is 10.1. The fourth-order valence-electron chi connectivity index (χ4n) is 3.55. The molecule has 0 aliphatic carbocycles. The lowest BCUT2D eigenvalue weighted by Gasteiger charge is -2.13. The van der Waals surface area contributed by atoms with Crippen molar-refractivity contribution in [2.45, 2.75) is 20.5 Å². The van der Waals surface area contributed by atoms with Gasteiger partial charge in [-0.05, 0) is 53.6 Å². The first kappa shape index (κ1) is 24.1. The van der Waals surface area contributed by atoms with Crippen molar-refractivity contribution in [2.75, 3.05) is 0 Å². The van der Waals surface area contributed by atoms with E-state index in [0.717, 1.165) is 16.7 Å². The van der Waals surface area contributed by atoms with E-state index >= 15 is 0 Å². The molecule has 0 saturated heterocycles. The third-order valence-electron chi connectivity index (χ3n) is 5.65. The number of aromatic nitrogens is 6. The Kier molecular flexibility index (Phi) is 6.91. The van der Waals surface area contributed by atoms with Gasteiger partial charge in [-0.3, -0.25) is 0 Å². The molecule has 11 heteroatoms. The molecule has 3 aromatic carbocycles. The SMILES string of the molecule is Cc1cccc(Oc2c(Cl)cccc2-c2nnc(CO/N=C(/c3ccccc3)c3nnnn3C)o2)c1C. The Hall–Kier alpha value is -4.57. The Morgan fingerprint density at radius 3 is 2.57 bits per heavy atom. The van der Waals surface area contributed by atoms with Gasteiger partial charge in [0.25, 0.3) is 11.8 Å². The van der Waals surface area contributed by atoms with Gasteiger partial charge in [0.05, 0.1) is 10.6 Å². The van der Waals surface area contributed by atoms with Gasteiger partial charge >= 0.3 is 0 Å². The average Bonchev–Trinajstić information content (AvgIpc) is 3.55. The van der Waals surface area contributed by atoms with Gasteiger partial charge < -0.3 is 14.0 Å². The molecule has 37 heavy (non-hydrogen) atoms. The average molecular weight is 516 g/mol. The Bertz CT molecular complexity index is 1560. The Morgan fingerprint density at radius 2 is 1.78 bits per heavy atom. The number of aryl methyl sites for hydroxylation is 2. The minimum atomic E-state index is -0.0671. The number of hydrogen-bond acceptors (Lipinski definition) is 9. The molecule has 0 bridgehead atoms. The van der Waals surface area contributed by atoms with Crippen LogP contribution in [0.1, 0.15) is 28.4 Å². The number of halogens is 1. The summed E-state index contributed by atoms with van der Waals surface area (Å²) in [6, 6.07) is 20.6.